The molecular formula is C15H13BrN2O4. The quantitative estimate of drug-likeness (QED) is 0.641. The van der Waals surface area contributed by atoms with Crippen LogP contribution in [0.4, 0.5) is 11.4 Å². The van der Waals surface area contributed by atoms with Gasteiger partial charge in [0, 0.05) is 22.3 Å². The van der Waals surface area contributed by atoms with Crippen molar-refractivity contribution in [1.82, 2.24) is 0 Å². The number of carbonyl (C=O) groups is 1. The Morgan fingerprint density at radius 3 is 2.77 bits per heavy atom. The summed E-state index contributed by atoms with van der Waals surface area (Å²) in [5.41, 5.74) is 0.612. The second-order valence-electron chi connectivity index (χ2n) is 4.34. The molecule has 1 amide bonds. The summed E-state index contributed by atoms with van der Waals surface area (Å²) < 4.78 is 6.16. The first-order chi connectivity index (χ1) is 10.5. The molecule has 0 fully saturated rings. The van der Waals surface area contributed by atoms with Crippen LogP contribution in [0.2, 0.25) is 0 Å². The molecule has 7 heteroatoms. The molecular weight excluding hydrogens is 352 g/mol. The lowest BCUT2D eigenvalue weighted by Gasteiger charge is -2.11. The molecule has 2 aromatic carbocycles. The Kier molecular flexibility index (Phi) is 5.11. The summed E-state index contributed by atoms with van der Waals surface area (Å²) in [6, 6.07) is 10.9. The zero-order valence-corrected chi connectivity index (χ0v) is 13.3. The standard InChI is InChI=1S/C15H13BrN2O4/c1-2-22-14-7-6-10(16)8-13(14)15(19)17-11-4-3-5-12(9-11)18(20)21/h3-9H,2H2,1H3,(H,17,19). The van der Waals surface area contributed by atoms with Gasteiger partial charge in [-0.1, -0.05) is 22.0 Å². The normalized spacial score (nSPS) is 10.1. The average molecular weight is 365 g/mol. The number of carbonyl (C=O) groups excluding carboxylic acids is 1. The highest BCUT2D eigenvalue weighted by molar-refractivity contribution is 9.10. The first kappa shape index (κ1) is 16.0. The third-order valence-electron chi connectivity index (χ3n) is 2.80. The van der Waals surface area contributed by atoms with Crippen molar-refractivity contribution < 1.29 is 14.5 Å². The molecule has 0 atom stereocenters. The zero-order chi connectivity index (χ0) is 16.1. The smallest absolute Gasteiger partial charge is 0.271 e. The molecule has 0 unspecified atom stereocenters. The van der Waals surface area contributed by atoms with Crippen LogP contribution in [0.15, 0.2) is 46.9 Å². The fourth-order valence-electron chi connectivity index (χ4n) is 1.86. The number of ether oxygens (including phenoxy) is 1. The van der Waals surface area contributed by atoms with Crippen LogP contribution >= 0.6 is 15.9 Å². The van der Waals surface area contributed by atoms with E-state index < -0.39 is 10.8 Å². The first-order valence-corrected chi connectivity index (χ1v) is 7.28. The lowest BCUT2D eigenvalue weighted by Crippen LogP contribution is -2.14. The van der Waals surface area contributed by atoms with Crippen molar-refractivity contribution in [3.8, 4) is 5.75 Å². The Morgan fingerprint density at radius 2 is 2.09 bits per heavy atom. The molecule has 0 radical (unpaired) electrons. The number of halogens is 1. The highest BCUT2D eigenvalue weighted by atomic mass is 79.9. The van der Waals surface area contributed by atoms with Crippen LogP contribution in [0, 0.1) is 10.1 Å². The molecule has 114 valence electrons. The molecule has 0 spiro atoms. The molecule has 2 rings (SSSR count). The Balaban J connectivity index is 2.27. The van der Waals surface area contributed by atoms with Crippen molar-refractivity contribution in [2.45, 2.75) is 6.92 Å². The molecule has 22 heavy (non-hydrogen) atoms. The second-order valence-corrected chi connectivity index (χ2v) is 5.25. The highest BCUT2D eigenvalue weighted by Gasteiger charge is 2.15. The number of nitro groups is 1. The summed E-state index contributed by atoms with van der Waals surface area (Å²) in [5, 5.41) is 13.4. The molecule has 6 nitrogen and oxygen atoms in total. The van der Waals surface area contributed by atoms with Gasteiger partial charge in [-0.25, -0.2) is 0 Å². The van der Waals surface area contributed by atoms with Crippen LogP contribution < -0.4 is 10.1 Å². The van der Waals surface area contributed by atoms with Crippen LogP contribution in [0.3, 0.4) is 0 Å². The molecule has 0 heterocycles. The van der Waals surface area contributed by atoms with Gasteiger partial charge < -0.3 is 10.1 Å². The summed E-state index contributed by atoms with van der Waals surface area (Å²) in [4.78, 5) is 22.6. The van der Waals surface area contributed by atoms with Gasteiger partial charge in [-0.2, -0.15) is 0 Å². The molecule has 0 aromatic heterocycles. The number of amides is 1. The highest BCUT2D eigenvalue weighted by Crippen LogP contribution is 2.25. The topological polar surface area (TPSA) is 81.5 Å². The lowest BCUT2D eigenvalue weighted by atomic mass is 10.1. The Morgan fingerprint density at radius 1 is 1.32 bits per heavy atom. The number of nitrogens with one attached hydrogen (secondary N) is 1. The number of hydrogen-bond donors (Lipinski definition) is 1. The van der Waals surface area contributed by atoms with Crippen LogP contribution in [-0.4, -0.2) is 17.4 Å². The minimum absolute atomic E-state index is 0.0860. The molecule has 0 bridgehead atoms. The maximum atomic E-state index is 12.4. The SMILES string of the molecule is CCOc1ccc(Br)cc1C(=O)Nc1cccc([N+](=O)[O-])c1. The van der Waals surface area contributed by atoms with E-state index in [-0.39, 0.29) is 5.69 Å². The zero-order valence-electron chi connectivity index (χ0n) is 11.7. The van der Waals surface area contributed by atoms with Gasteiger partial charge in [0.25, 0.3) is 11.6 Å². The van der Waals surface area contributed by atoms with Crippen molar-refractivity contribution in [3.63, 3.8) is 0 Å². The maximum Gasteiger partial charge on any atom is 0.271 e. The number of anilines is 1. The van der Waals surface area contributed by atoms with Gasteiger partial charge in [-0.3, -0.25) is 14.9 Å². The van der Waals surface area contributed by atoms with E-state index in [2.05, 4.69) is 21.2 Å². The van der Waals surface area contributed by atoms with Gasteiger partial charge in [-0.05, 0) is 31.2 Å². The number of nitro benzene ring substituents is 1. The third-order valence-corrected chi connectivity index (χ3v) is 3.29. The summed E-state index contributed by atoms with van der Waals surface area (Å²) in [5.74, 6) is 0.0545. The van der Waals surface area contributed by atoms with E-state index in [9.17, 15) is 14.9 Å². The molecule has 0 saturated carbocycles. The fraction of sp³-hybridized carbons (Fsp3) is 0.133. The second kappa shape index (κ2) is 7.04. The van der Waals surface area contributed by atoms with Gasteiger partial charge >= 0.3 is 0 Å². The van der Waals surface area contributed by atoms with Crippen molar-refractivity contribution in [3.05, 3.63) is 62.6 Å². The summed E-state index contributed by atoms with van der Waals surface area (Å²) >= 11 is 3.31. The Labute approximate surface area is 135 Å². The van der Waals surface area contributed by atoms with Gasteiger partial charge in [-0.15, -0.1) is 0 Å². The van der Waals surface area contributed by atoms with E-state index in [1.165, 1.54) is 18.2 Å². The van der Waals surface area contributed by atoms with Crippen LogP contribution in [0.1, 0.15) is 17.3 Å². The van der Waals surface area contributed by atoms with Crippen molar-refractivity contribution in [2.24, 2.45) is 0 Å². The summed E-state index contributed by atoms with van der Waals surface area (Å²) in [6.45, 7) is 2.25. The molecule has 0 aliphatic heterocycles. The van der Waals surface area contributed by atoms with Crippen LogP contribution in [0.25, 0.3) is 0 Å². The average Bonchev–Trinajstić information content (AvgIpc) is 2.49. The van der Waals surface area contributed by atoms with Gasteiger partial charge in [0.2, 0.25) is 0 Å². The predicted molar refractivity (Wildman–Crippen MR) is 86.4 cm³/mol. The van der Waals surface area contributed by atoms with E-state index in [4.69, 9.17) is 4.74 Å². The van der Waals surface area contributed by atoms with Crippen LogP contribution in [0.5, 0.6) is 5.75 Å². The number of nitrogens with zero attached hydrogens (tertiary/aromatic N) is 1. The molecule has 0 aliphatic carbocycles. The number of hydrogen-bond acceptors (Lipinski definition) is 4. The van der Waals surface area contributed by atoms with E-state index in [1.54, 1.807) is 24.3 Å². The van der Waals surface area contributed by atoms with Crippen molar-refractivity contribution >= 4 is 33.2 Å². The first-order valence-electron chi connectivity index (χ1n) is 6.49. The molecule has 0 saturated heterocycles. The van der Waals surface area contributed by atoms with E-state index in [1.807, 2.05) is 6.92 Å². The molecule has 1 N–H and O–H groups in total. The van der Waals surface area contributed by atoms with Gasteiger partial charge in [0.05, 0.1) is 17.1 Å². The number of non-ortho nitro benzene ring substituents is 1. The van der Waals surface area contributed by atoms with Crippen molar-refractivity contribution in [2.75, 3.05) is 11.9 Å². The lowest BCUT2D eigenvalue weighted by molar-refractivity contribution is -0.384. The van der Waals surface area contributed by atoms with Gasteiger partial charge in [0.1, 0.15) is 5.75 Å². The van der Waals surface area contributed by atoms with E-state index >= 15 is 0 Å². The Hall–Kier alpha value is -2.41. The van der Waals surface area contributed by atoms with E-state index in [0.29, 0.717) is 23.6 Å². The molecule has 0 aliphatic rings. The predicted octanol–water partition coefficient (Wildman–Crippen LogP) is 4.01. The minimum Gasteiger partial charge on any atom is -0.493 e. The third kappa shape index (κ3) is 3.82. The van der Waals surface area contributed by atoms with E-state index in [0.717, 1.165) is 4.47 Å². The number of rotatable bonds is 5. The van der Waals surface area contributed by atoms with Crippen molar-refractivity contribution in [1.29, 1.82) is 0 Å². The maximum absolute atomic E-state index is 12.4. The van der Waals surface area contributed by atoms with Crippen LogP contribution in [-0.2, 0) is 0 Å². The summed E-state index contributed by atoms with van der Waals surface area (Å²) in [7, 11) is 0. The number of benzene rings is 2. The molecule has 2 aromatic rings. The largest absolute Gasteiger partial charge is 0.493 e. The summed E-state index contributed by atoms with van der Waals surface area (Å²) in [6.07, 6.45) is 0. The fourth-order valence-corrected chi connectivity index (χ4v) is 2.22. The van der Waals surface area contributed by atoms with Gasteiger partial charge in [0.15, 0.2) is 0 Å². The Bertz CT molecular complexity index is 718. The monoisotopic (exact) mass is 364 g/mol. The minimum atomic E-state index is -0.514.